The lowest BCUT2D eigenvalue weighted by Gasteiger charge is -2.45. The fraction of sp³-hybridized carbons (Fsp3) is 0.160. The maximum atomic E-state index is 13.6. The van der Waals surface area contributed by atoms with Crippen LogP contribution in [-0.4, -0.2) is 11.8 Å². The Morgan fingerprint density at radius 2 is 1.07 bits per heavy atom. The van der Waals surface area contributed by atoms with E-state index >= 15 is 0 Å². The van der Waals surface area contributed by atoms with Crippen LogP contribution in [0.5, 0.6) is 0 Å². The van der Waals surface area contributed by atoms with Gasteiger partial charge in [0.2, 0.25) is 11.8 Å². The molecular weight excluding hydrogens is 360 g/mol. The Morgan fingerprint density at radius 1 is 0.655 bits per heavy atom. The summed E-state index contributed by atoms with van der Waals surface area (Å²) in [6, 6.07) is 25.2. The van der Waals surface area contributed by atoms with Crippen LogP contribution in [0.2, 0.25) is 0 Å². The van der Waals surface area contributed by atoms with E-state index in [1.54, 1.807) is 24.3 Å². The highest BCUT2D eigenvalue weighted by atomic mass is 16.2. The Balaban J connectivity index is 1.54. The first-order chi connectivity index (χ1) is 14.2. The van der Waals surface area contributed by atoms with E-state index in [-0.39, 0.29) is 35.5 Å². The minimum absolute atomic E-state index is 0.0998. The van der Waals surface area contributed by atoms with Crippen LogP contribution in [0.4, 0.5) is 5.69 Å². The molecule has 4 heteroatoms. The van der Waals surface area contributed by atoms with Crippen molar-refractivity contribution in [1.29, 1.82) is 5.26 Å². The zero-order valence-corrected chi connectivity index (χ0v) is 15.4. The van der Waals surface area contributed by atoms with Gasteiger partial charge in [-0.2, -0.15) is 5.26 Å². The quantitative estimate of drug-likeness (QED) is 0.604. The molecule has 29 heavy (non-hydrogen) atoms. The lowest BCUT2D eigenvalue weighted by Crippen LogP contribution is -2.41. The number of carbonyl (C=O) groups excluding carboxylic acids is 2. The number of benzene rings is 3. The van der Waals surface area contributed by atoms with Gasteiger partial charge < -0.3 is 0 Å². The van der Waals surface area contributed by atoms with E-state index in [1.807, 2.05) is 24.3 Å². The molecule has 4 aliphatic rings. The Kier molecular flexibility index (Phi) is 3.17. The van der Waals surface area contributed by atoms with Crippen LogP contribution >= 0.6 is 0 Å². The minimum Gasteiger partial charge on any atom is -0.274 e. The molecule has 0 N–H and O–H groups in total. The zero-order chi connectivity index (χ0) is 19.7. The van der Waals surface area contributed by atoms with Gasteiger partial charge in [-0.1, -0.05) is 48.5 Å². The van der Waals surface area contributed by atoms with Crippen molar-refractivity contribution in [2.75, 3.05) is 4.90 Å². The SMILES string of the molecule is N#Cc1ccc(N2C(=O)[C@H]3C4c5ccccc5C(c5ccccc54)[C@@H]3C2=O)cc1. The number of rotatable bonds is 1. The van der Waals surface area contributed by atoms with Crippen molar-refractivity contribution in [3.63, 3.8) is 0 Å². The molecular formula is C25H16N2O2. The largest absolute Gasteiger partial charge is 0.274 e. The summed E-state index contributed by atoms with van der Waals surface area (Å²) in [4.78, 5) is 28.5. The van der Waals surface area contributed by atoms with Gasteiger partial charge in [-0.15, -0.1) is 0 Å². The second-order valence-corrected chi connectivity index (χ2v) is 7.94. The van der Waals surface area contributed by atoms with E-state index in [0.717, 1.165) is 0 Å². The molecule has 0 spiro atoms. The normalized spacial score (nSPS) is 26.0. The summed E-state index contributed by atoms with van der Waals surface area (Å²) in [6.07, 6.45) is 0. The molecule has 1 heterocycles. The highest BCUT2D eigenvalue weighted by Gasteiger charge is 2.61. The van der Waals surface area contributed by atoms with Crippen LogP contribution in [-0.2, 0) is 9.59 Å². The first-order valence-corrected chi connectivity index (χ1v) is 9.76. The molecule has 3 aromatic rings. The van der Waals surface area contributed by atoms with E-state index in [9.17, 15) is 9.59 Å². The molecule has 1 aliphatic heterocycles. The van der Waals surface area contributed by atoms with Gasteiger partial charge in [0.05, 0.1) is 29.2 Å². The van der Waals surface area contributed by atoms with Gasteiger partial charge in [0.15, 0.2) is 0 Å². The smallest absolute Gasteiger partial charge is 0.238 e. The maximum absolute atomic E-state index is 13.6. The molecule has 1 saturated heterocycles. The van der Waals surface area contributed by atoms with Crippen molar-refractivity contribution in [2.45, 2.75) is 11.8 Å². The highest BCUT2D eigenvalue weighted by Crippen LogP contribution is 2.61. The third-order valence-electron chi connectivity index (χ3n) is 6.70. The molecule has 2 amide bonds. The summed E-state index contributed by atoms with van der Waals surface area (Å²) in [5, 5.41) is 9.05. The predicted molar refractivity (Wildman–Crippen MR) is 107 cm³/mol. The van der Waals surface area contributed by atoms with E-state index in [2.05, 4.69) is 30.3 Å². The lowest BCUT2D eigenvalue weighted by atomic mass is 9.55. The summed E-state index contributed by atoms with van der Waals surface area (Å²) in [6.45, 7) is 0. The second kappa shape index (κ2) is 5.65. The van der Waals surface area contributed by atoms with Crippen LogP contribution in [0.25, 0.3) is 0 Å². The molecule has 138 valence electrons. The number of hydrogen-bond donors (Lipinski definition) is 0. The third-order valence-corrected chi connectivity index (χ3v) is 6.70. The van der Waals surface area contributed by atoms with Gasteiger partial charge in [0.25, 0.3) is 0 Å². The predicted octanol–water partition coefficient (Wildman–Crippen LogP) is 3.95. The molecule has 7 rings (SSSR count). The summed E-state index contributed by atoms with van der Waals surface area (Å²) in [5.41, 5.74) is 5.71. The van der Waals surface area contributed by atoms with Crippen molar-refractivity contribution >= 4 is 17.5 Å². The number of anilines is 1. The number of imide groups is 1. The molecule has 3 aliphatic carbocycles. The topological polar surface area (TPSA) is 61.2 Å². The highest BCUT2D eigenvalue weighted by molar-refractivity contribution is 6.23. The number of carbonyl (C=O) groups is 2. The third kappa shape index (κ3) is 1.97. The Labute approximate surface area is 168 Å². The van der Waals surface area contributed by atoms with Gasteiger partial charge in [0, 0.05) is 11.8 Å². The average molecular weight is 376 g/mol. The summed E-state index contributed by atoms with van der Waals surface area (Å²) < 4.78 is 0. The lowest BCUT2D eigenvalue weighted by molar-refractivity contribution is -0.122. The van der Waals surface area contributed by atoms with Gasteiger partial charge >= 0.3 is 0 Å². The van der Waals surface area contributed by atoms with E-state index < -0.39 is 0 Å². The van der Waals surface area contributed by atoms with Gasteiger partial charge in [-0.05, 0) is 46.5 Å². The number of nitrogens with zero attached hydrogens (tertiary/aromatic N) is 2. The molecule has 1 fully saturated rings. The van der Waals surface area contributed by atoms with Crippen LogP contribution in [0, 0.1) is 23.2 Å². The van der Waals surface area contributed by atoms with Crippen LogP contribution in [0.1, 0.15) is 39.7 Å². The van der Waals surface area contributed by atoms with E-state index in [4.69, 9.17) is 5.26 Å². The van der Waals surface area contributed by atoms with E-state index in [0.29, 0.717) is 11.3 Å². The molecule has 0 unspecified atom stereocenters. The van der Waals surface area contributed by atoms with Crippen LogP contribution in [0.15, 0.2) is 72.8 Å². The van der Waals surface area contributed by atoms with Crippen molar-refractivity contribution in [3.05, 3.63) is 101 Å². The van der Waals surface area contributed by atoms with Crippen LogP contribution < -0.4 is 4.90 Å². The Hall–Kier alpha value is -3.71. The first kappa shape index (κ1) is 16.3. The number of nitriles is 1. The molecule has 4 nitrogen and oxygen atoms in total. The second-order valence-electron chi connectivity index (χ2n) is 7.94. The molecule has 3 aromatic carbocycles. The van der Waals surface area contributed by atoms with Gasteiger partial charge in [0.1, 0.15) is 0 Å². The summed E-state index contributed by atoms with van der Waals surface area (Å²) in [5.74, 6) is -1.23. The first-order valence-electron chi connectivity index (χ1n) is 9.76. The van der Waals surface area contributed by atoms with Crippen LogP contribution in [0.3, 0.4) is 0 Å². The molecule has 0 saturated carbocycles. The maximum Gasteiger partial charge on any atom is 0.238 e. The number of hydrogen-bond acceptors (Lipinski definition) is 3. The Bertz CT molecular complexity index is 1120. The monoisotopic (exact) mass is 376 g/mol. The fourth-order valence-corrected chi connectivity index (χ4v) is 5.62. The summed E-state index contributed by atoms with van der Waals surface area (Å²) in [7, 11) is 0. The van der Waals surface area contributed by atoms with E-state index in [1.165, 1.54) is 27.2 Å². The van der Waals surface area contributed by atoms with Gasteiger partial charge in [-0.25, -0.2) is 4.90 Å². The molecule has 0 aromatic heterocycles. The number of amides is 2. The van der Waals surface area contributed by atoms with Crippen molar-refractivity contribution in [1.82, 2.24) is 0 Å². The average Bonchev–Trinajstić information content (AvgIpc) is 3.04. The molecule has 2 bridgehead atoms. The standard InChI is InChI=1S/C25H16N2O2/c26-13-14-9-11-15(12-10-14)27-24(28)22-20-16-5-1-2-6-17(16)21(23(22)25(27)29)19-8-4-3-7-18(19)20/h1-12,20-23H/t20?,21?,22-,23-/m0/s1. The minimum atomic E-state index is -0.382. The Morgan fingerprint density at radius 3 is 1.45 bits per heavy atom. The van der Waals surface area contributed by atoms with Crippen molar-refractivity contribution < 1.29 is 9.59 Å². The van der Waals surface area contributed by atoms with Crippen molar-refractivity contribution in [3.8, 4) is 6.07 Å². The molecule has 0 radical (unpaired) electrons. The van der Waals surface area contributed by atoms with Crippen molar-refractivity contribution in [2.24, 2.45) is 11.8 Å². The van der Waals surface area contributed by atoms with Gasteiger partial charge in [-0.3, -0.25) is 9.59 Å². The zero-order valence-electron chi connectivity index (χ0n) is 15.4. The fourth-order valence-electron chi connectivity index (χ4n) is 5.62. The molecule has 2 atom stereocenters. The summed E-state index contributed by atoms with van der Waals surface area (Å²) >= 11 is 0.